The Hall–Kier alpha value is -2.50. The van der Waals surface area contributed by atoms with Crippen LogP contribution in [0, 0.1) is 12.7 Å². The Labute approximate surface area is 109 Å². The van der Waals surface area contributed by atoms with Gasteiger partial charge in [0.15, 0.2) is 5.82 Å². The molecule has 0 atom stereocenters. The number of halogens is 1. The van der Waals surface area contributed by atoms with Crippen molar-refractivity contribution >= 4 is 17.2 Å². The summed E-state index contributed by atoms with van der Waals surface area (Å²) >= 11 is 0. The van der Waals surface area contributed by atoms with E-state index in [9.17, 15) is 4.39 Å². The Morgan fingerprint density at radius 2 is 2.11 bits per heavy atom. The third-order valence-corrected chi connectivity index (χ3v) is 2.99. The van der Waals surface area contributed by atoms with E-state index < -0.39 is 0 Å². The maximum atomic E-state index is 13.3. The molecular weight excluding hydrogens is 245 g/mol. The lowest BCUT2D eigenvalue weighted by atomic mass is 10.3. The molecule has 0 aliphatic carbocycles. The van der Waals surface area contributed by atoms with Crippen LogP contribution in [0.25, 0.3) is 5.65 Å². The summed E-state index contributed by atoms with van der Waals surface area (Å²) in [4.78, 5) is 6.09. The second-order valence-corrected chi connectivity index (χ2v) is 4.23. The number of anilines is 2. The number of fused-ring (bicyclic) bond motifs is 1. The van der Waals surface area contributed by atoms with Gasteiger partial charge in [-0.2, -0.15) is 0 Å². The van der Waals surface area contributed by atoms with E-state index in [4.69, 9.17) is 0 Å². The average molecular weight is 257 g/mol. The van der Waals surface area contributed by atoms with Crippen LogP contribution in [-0.4, -0.2) is 26.6 Å². The normalized spacial score (nSPS) is 10.9. The minimum atomic E-state index is -0.283. The highest BCUT2D eigenvalue weighted by Crippen LogP contribution is 2.25. The van der Waals surface area contributed by atoms with Crippen LogP contribution >= 0.6 is 0 Å². The van der Waals surface area contributed by atoms with E-state index in [-0.39, 0.29) is 5.82 Å². The molecule has 0 saturated carbocycles. The van der Waals surface area contributed by atoms with Crippen LogP contribution < -0.4 is 4.90 Å². The van der Waals surface area contributed by atoms with E-state index in [1.807, 2.05) is 24.4 Å². The highest BCUT2D eigenvalue weighted by atomic mass is 19.1. The molecule has 96 valence electrons. The third kappa shape index (κ3) is 1.91. The van der Waals surface area contributed by atoms with Crippen LogP contribution in [0.1, 0.15) is 5.82 Å². The molecule has 0 aliphatic heterocycles. The molecule has 2 aromatic heterocycles. The van der Waals surface area contributed by atoms with Crippen molar-refractivity contribution in [2.75, 3.05) is 11.9 Å². The van der Waals surface area contributed by atoms with Gasteiger partial charge in [-0.15, -0.1) is 10.2 Å². The van der Waals surface area contributed by atoms with Gasteiger partial charge in [-0.3, -0.25) is 4.40 Å². The van der Waals surface area contributed by atoms with Gasteiger partial charge >= 0.3 is 0 Å². The fourth-order valence-electron chi connectivity index (χ4n) is 1.97. The van der Waals surface area contributed by atoms with Crippen LogP contribution in [0.4, 0.5) is 15.9 Å². The van der Waals surface area contributed by atoms with Gasteiger partial charge in [-0.05, 0) is 25.1 Å². The summed E-state index contributed by atoms with van der Waals surface area (Å²) in [7, 11) is 1.82. The summed E-state index contributed by atoms with van der Waals surface area (Å²) < 4.78 is 15.1. The highest BCUT2D eigenvalue weighted by molar-refractivity contribution is 5.71. The Bertz CT molecular complexity index is 737. The van der Waals surface area contributed by atoms with Crippen molar-refractivity contribution in [3.8, 4) is 0 Å². The minimum absolute atomic E-state index is 0.283. The summed E-state index contributed by atoms with van der Waals surface area (Å²) in [6.45, 7) is 1.87. The summed E-state index contributed by atoms with van der Waals surface area (Å²) in [5.74, 6) is 1.13. The molecule has 0 N–H and O–H groups in total. The second-order valence-electron chi connectivity index (χ2n) is 4.23. The van der Waals surface area contributed by atoms with Crippen molar-refractivity contribution in [1.82, 2.24) is 19.6 Å². The van der Waals surface area contributed by atoms with Gasteiger partial charge in [0.2, 0.25) is 5.65 Å². The molecule has 0 aliphatic rings. The summed E-state index contributed by atoms with van der Waals surface area (Å²) in [6.07, 6.45) is 3.47. The minimum Gasteiger partial charge on any atom is -0.326 e. The number of hydrogen-bond acceptors (Lipinski definition) is 4. The highest BCUT2D eigenvalue weighted by Gasteiger charge is 2.13. The van der Waals surface area contributed by atoms with E-state index in [1.165, 1.54) is 12.1 Å². The zero-order chi connectivity index (χ0) is 13.4. The van der Waals surface area contributed by atoms with Gasteiger partial charge < -0.3 is 4.90 Å². The first-order chi connectivity index (χ1) is 9.16. The second kappa shape index (κ2) is 4.31. The number of rotatable bonds is 2. The van der Waals surface area contributed by atoms with Crippen molar-refractivity contribution in [1.29, 1.82) is 0 Å². The van der Waals surface area contributed by atoms with Crippen LogP contribution in [0.3, 0.4) is 0 Å². The molecule has 0 radical (unpaired) electrons. The zero-order valence-electron chi connectivity index (χ0n) is 10.6. The molecule has 3 rings (SSSR count). The van der Waals surface area contributed by atoms with Crippen molar-refractivity contribution < 1.29 is 4.39 Å². The van der Waals surface area contributed by atoms with Crippen LogP contribution in [0.15, 0.2) is 36.7 Å². The van der Waals surface area contributed by atoms with E-state index in [0.29, 0.717) is 17.2 Å². The van der Waals surface area contributed by atoms with Crippen LogP contribution in [0.2, 0.25) is 0 Å². The smallest absolute Gasteiger partial charge is 0.204 e. The molecule has 0 spiro atoms. The van der Waals surface area contributed by atoms with Gasteiger partial charge in [0.1, 0.15) is 11.6 Å². The number of aryl methyl sites for hydroxylation is 1. The Balaban J connectivity index is 2.14. The molecule has 6 heteroatoms. The topological polar surface area (TPSA) is 46.3 Å². The molecule has 1 aromatic carbocycles. The average Bonchev–Trinajstić information content (AvgIpc) is 2.80. The van der Waals surface area contributed by atoms with Gasteiger partial charge in [-0.1, -0.05) is 6.07 Å². The lowest BCUT2D eigenvalue weighted by Gasteiger charge is -2.18. The predicted octanol–water partition coefficient (Wildman–Crippen LogP) is 2.34. The molecule has 19 heavy (non-hydrogen) atoms. The van der Waals surface area contributed by atoms with E-state index in [1.54, 1.807) is 23.4 Å². The molecule has 0 saturated heterocycles. The lowest BCUT2D eigenvalue weighted by molar-refractivity contribution is 0.628. The first-order valence-electron chi connectivity index (χ1n) is 5.82. The third-order valence-electron chi connectivity index (χ3n) is 2.99. The number of aromatic nitrogens is 4. The molecule has 0 amide bonds. The Kier molecular flexibility index (Phi) is 2.63. The van der Waals surface area contributed by atoms with Crippen LogP contribution in [-0.2, 0) is 0 Å². The van der Waals surface area contributed by atoms with Crippen molar-refractivity contribution in [3.63, 3.8) is 0 Å². The van der Waals surface area contributed by atoms with E-state index >= 15 is 0 Å². The molecule has 0 bridgehead atoms. The standard InChI is InChI=1S/C13H12FN5/c1-9-16-17-13-12(15-6-7-19(9)13)18(2)11-5-3-4-10(14)8-11/h3-8H,1-2H3. The predicted molar refractivity (Wildman–Crippen MR) is 70.0 cm³/mol. The fourth-order valence-corrected chi connectivity index (χ4v) is 1.97. The molecule has 5 nitrogen and oxygen atoms in total. The number of hydrogen-bond donors (Lipinski definition) is 0. The quantitative estimate of drug-likeness (QED) is 0.707. The molecule has 2 heterocycles. The van der Waals surface area contributed by atoms with Gasteiger partial charge in [-0.25, -0.2) is 9.37 Å². The molecule has 3 aromatic rings. The van der Waals surface area contributed by atoms with E-state index in [2.05, 4.69) is 15.2 Å². The summed E-state index contributed by atoms with van der Waals surface area (Å²) in [5.41, 5.74) is 1.35. The fraction of sp³-hybridized carbons (Fsp3) is 0.154. The maximum Gasteiger partial charge on any atom is 0.204 e. The summed E-state index contributed by atoms with van der Waals surface area (Å²) in [5, 5.41) is 8.12. The Morgan fingerprint density at radius 1 is 1.26 bits per heavy atom. The molecule has 0 fully saturated rings. The van der Waals surface area contributed by atoms with Crippen molar-refractivity contribution in [2.24, 2.45) is 0 Å². The maximum absolute atomic E-state index is 13.3. The molecular formula is C13H12FN5. The number of benzene rings is 1. The number of nitrogens with zero attached hydrogens (tertiary/aromatic N) is 5. The lowest BCUT2D eigenvalue weighted by Crippen LogP contribution is -2.13. The first kappa shape index (κ1) is 11.6. The molecule has 0 unspecified atom stereocenters. The van der Waals surface area contributed by atoms with Gasteiger partial charge in [0.05, 0.1) is 0 Å². The van der Waals surface area contributed by atoms with Crippen LogP contribution in [0.5, 0.6) is 0 Å². The SMILES string of the molecule is Cc1nnc2c(N(C)c3cccc(F)c3)nccn12. The zero-order valence-corrected chi connectivity index (χ0v) is 10.6. The largest absolute Gasteiger partial charge is 0.326 e. The van der Waals surface area contributed by atoms with Crippen molar-refractivity contribution in [2.45, 2.75) is 6.92 Å². The Morgan fingerprint density at radius 3 is 2.89 bits per heavy atom. The van der Waals surface area contributed by atoms with Crippen molar-refractivity contribution in [3.05, 3.63) is 48.3 Å². The van der Waals surface area contributed by atoms with Gasteiger partial charge in [0.25, 0.3) is 0 Å². The first-order valence-corrected chi connectivity index (χ1v) is 5.82. The monoisotopic (exact) mass is 257 g/mol. The van der Waals surface area contributed by atoms with E-state index in [0.717, 1.165) is 5.82 Å². The van der Waals surface area contributed by atoms with Gasteiger partial charge in [0, 0.05) is 25.1 Å². The summed E-state index contributed by atoms with van der Waals surface area (Å²) in [6, 6.07) is 6.34.